The Kier molecular flexibility index (Phi) is 2.65. The van der Waals surface area contributed by atoms with Crippen molar-refractivity contribution in [2.24, 2.45) is 0 Å². The number of hydrogen-bond donors (Lipinski definition) is 1. The van der Waals surface area contributed by atoms with Gasteiger partial charge in [0, 0.05) is 6.61 Å². The van der Waals surface area contributed by atoms with Crippen molar-refractivity contribution < 1.29 is 4.74 Å². The summed E-state index contributed by atoms with van der Waals surface area (Å²) < 4.78 is 5.15. The predicted octanol–water partition coefficient (Wildman–Crippen LogP) is 1.26. The smallest absolute Gasteiger partial charge is 0.139 e. The maximum atomic E-state index is 5.50. The Morgan fingerprint density at radius 1 is 1.80 bits per heavy atom. The molecule has 0 amide bonds. The molecule has 0 unspecified atom stereocenters. The third-order valence-corrected chi connectivity index (χ3v) is 1.93. The molecule has 0 saturated carbocycles. The number of nitrogens with zero attached hydrogens (tertiary/aromatic N) is 1. The Balaban J connectivity index is 2.49. The molecule has 1 rings (SSSR count). The highest BCUT2D eigenvalue weighted by Gasteiger charge is 1.99. The summed E-state index contributed by atoms with van der Waals surface area (Å²) in [6.07, 6.45) is 0. The van der Waals surface area contributed by atoms with Gasteiger partial charge in [0.25, 0.3) is 0 Å². The summed E-state index contributed by atoms with van der Waals surface area (Å²) in [7, 11) is 0. The van der Waals surface area contributed by atoms with Gasteiger partial charge in [-0.3, -0.25) is 0 Å². The summed E-state index contributed by atoms with van der Waals surface area (Å²) in [4.78, 5) is 4.90. The molecule has 4 heteroatoms. The first-order valence-corrected chi connectivity index (χ1v) is 3.98. The van der Waals surface area contributed by atoms with Gasteiger partial charge in [-0.2, -0.15) is 0 Å². The van der Waals surface area contributed by atoms with Gasteiger partial charge in [0.2, 0.25) is 0 Å². The molecule has 2 N–H and O–H groups in total. The van der Waals surface area contributed by atoms with Crippen molar-refractivity contribution in [3.8, 4) is 0 Å². The molecule has 1 heterocycles. The number of aromatic nitrogens is 1. The average Bonchev–Trinajstić information content (AvgIpc) is 2.31. The third-order valence-electron chi connectivity index (χ3n) is 1.11. The molecule has 1 aromatic rings. The average molecular weight is 158 g/mol. The fourth-order valence-electron chi connectivity index (χ4n) is 0.582. The fraction of sp³-hybridized carbons (Fsp3) is 0.500. The predicted molar refractivity (Wildman–Crippen MR) is 41.9 cm³/mol. The monoisotopic (exact) mass is 158 g/mol. The second kappa shape index (κ2) is 3.53. The van der Waals surface area contributed by atoms with Crippen molar-refractivity contribution in [3.63, 3.8) is 0 Å². The Morgan fingerprint density at radius 3 is 3.10 bits per heavy atom. The molecule has 0 aliphatic heterocycles. The van der Waals surface area contributed by atoms with Gasteiger partial charge in [-0.05, 0) is 6.92 Å². The highest BCUT2D eigenvalue weighted by Crippen LogP contribution is 2.15. The number of rotatable bonds is 3. The summed E-state index contributed by atoms with van der Waals surface area (Å²) in [6, 6.07) is 0. The molecule has 0 aliphatic carbocycles. The molecule has 0 saturated heterocycles. The maximum absolute atomic E-state index is 5.50. The normalized spacial score (nSPS) is 10.1. The van der Waals surface area contributed by atoms with E-state index in [4.69, 9.17) is 10.5 Å². The van der Waals surface area contributed by atoms with Crippen LogP contribution in [0.1, 0.15) is 11.8 Å². The van der Waals surface area contributed by atoms with Gasteiger partial charge < -0.3 is 10.5 Å². The number of ether oxygens (including phenoxy) is 1. The molecule has 0 bridgehead atoms. The summed E-state index contributed by atoms with van der Waals surface area (Å²) in [5.74, 6) is 0.596. The first kappa shape index (κ1) is 7.50. The largest absolute Gasteiger partial charge is 0.383 e. The van der Waals surface area contributed by atoms with E-state index in [1.807, 2.05) is 6.92 Å². The molecule has 0 spiro atoms. The number of hydrogen-bond acceptors (Lipinski definition) is 4. The van der Waals surface area contributed by atoms with Crippen LogP contribution in [0.15, 0.2) is 5.51 Å². The lowest BCUT2D eigenvalue weighted by Gasteiger charge is -1.96. The van der Waals surface area contributed by atoms with E-state index in [2.05, 4.69) is 4.98 Å². The van der Waals surface area contributed by atoms with E-state index in [0.717, 1.165) is 11.5 Å². The summed E-state index contributed by atoms with van der Waals surface area (Å²) in [5.41, 5.74) is 7.23. The van der Waals surface area contributed by atoms with Crippen LogP contribution in [0.2, 0.25) is 0 Å². The van der Waals surface area contributed by atoms with Gasteiger partial charge in [0.05, 0.1) is 17.0 Å². The quantitative estimate of drug-likeness (QED) is 0.720. The Morgan fingerprint density at radius 2 is 2.60 bits per heavy atom. The van der Waals surface area contributed by atoms with E-state index in [1.54, 1.807) is 5.51 Å². The molecule has 0 aliphatic rings. The van der Waals surface area contributed by atoms with Gasteiger partial charge in [0.15, 0.2) is 0 Å². The SMILES string of the molecule is CCOCc1scnc1N. The number of thiazole rings is 1. The second-order valence-electron chi connectivity index (χ2n) is 1.80. The van der Waals surface area contributed by atoms with Crippen molar-refractivity contribution in [1.29, 1.82) is 0 Å². The molecule has 0 atom stereocenters. The lowest BCUT2D eigenvalue weighted by molar-refractivity contribution is 0.136. The van der Waals surface area contributed by atoms with Crippen molar-refractivity contribution >= 4 is 17.2 Å². The molecule has 3 nitrogen and oxygen atoms in total. The number of nitrogens with two attached hydrogens (primary N) is 1. The van der Waals surface area contributed by atoms with E-state index in [1.165, 1.54) is 11.3 Å². The molecule has 1 aromatic heterocycles. The Hall–Kier alpha value is -0.610. The summed E-state index contributed by atoms with van der Waals surface area (Å²) >= 11 is 1.53. The van der Waals surface area contributed by atoms with E-state index >= 15 is 0 Å². The Bertz CT molecular complexity index is 199. The maximum Gasteiger partial charge on any atom is 0.139 e. The van der Waals surface area contributed by atoms with Gasteiger partial charge in [0.1, 0.15) is 5.82 Å². The molecular weight excluding hydrogens is 148 g/mol. The highest BCUT2D eigenvalue weighted by atomic mass is 32.1. The topological polar surface area (TPSA) is 48.1 Å². The van der Waals surface area contributed by atoms with Crippen LogP contribution in [0, 0.1) is 0 Å². The van der Waals surface area contributed by atoms with Crippen molar-refractivity contribution in [2.45, 2.75) is 13.5 Å². The van der Waals surface area contributed by atoms with E-state index in [-0.39, 0.29) is 0 Å². The summed E-state index contributed by atoms with van der Waals surface area (Å²) in [6.45, 7) is 3.27. The van der Waals surface area contributed by atoms with Crippen LogP contribution < -0.4 is 5.73 Å². The zero-order chi connectivity index (χ0) is 7.40. The van der Waals surface area contributed by atoms with Crippen molar-refractivity contribution in [2.75, 3.05) is 12.3 Å². The molecule has 56 valence electrons. The Labute approximate surface area is 63.8 Å². The highest BCUT2D eigenvalue weighted by molar-refractivity contribution is 7.10. The molecule has 10 heavy (non-hydrogen) atoms. The zero-order valence-electron chi connectivity index (χ0n) is 5.83. The van der Waals surface area contributed by atoms with Crippen LogP contribution in [-0.4, -0.2) is 11.6 Å². The molecule has 0 fully saturated rings. The molecule has 0 aromatic carbocycles. The van der Waals surface area contributed by atoms with Gasteiger partial charge in [-0.25, -0.2) is 4.98 Å². The van der Waals surface area contributed by atoms with E-state index < -0.39 is 0 Å². The minimum Gasteiger partial charge on any atom is -0.383 e. The lowest BCUT2D eigenvalue weighted by atomic mass is 10.5. The summed E-state index contributed by atoms with van der Waals surface area (Å²) in [5, 5.41) is 0. The minimum absolute atomic E-state index is 0.590. The van der Waals surface area contributed by atoms with Crippen LogP contribution in [0.5, 0.6) is 0 Å². The minimum atomic E-state index is 0.590. The van der Waals surface area contributed by atoms with Crippen LogP contribution >= 0.6 is 11.3 Å². The van der Waals surface area contributed by atoms with Crippen molar-refractivity contribution in [3.05, 3.63) is 10.4 Å². The van der Waals surface area contributed by atoms with E-state index in [9.17, 15) is 0 Å². The molecular formula is C6H10N2OS. The second-order valence-corrected chi connectivity index (χ2v) is 2.74. The first-order valence-electron chi connectivity index (χ1n) is 3.10. The lowest BCUT2D eigenvalue weighted by Crippen LogP contribution is -1.94. The number of nitrogen functional groups attached to an aromatic ring is 1. The van der Waals surface area contributed by atoms with Crippen LogP contribution in [0.3, 0.4) is 0 Å². The van der Waals surface area contributed by atoms with Gasteiger partial charge in [-0.15, -0.1) is 11.3 Å². The first-order chi connectivity index (χ1) is 4.84. The third kappa shape index (κ3) is 1.68. The van der Waals surface area contributed by atoms with Crippen LogP contribution in [0.25, 0.3) is 0 Å². The standard InChI is InChI=1S/C6H10N2OS/c1-2-9-3-5-6(7)8-4-10-5/h4H,2-3,7H2,1H3. The van der Waals surface area contributed by atoms with Crippen molar-refractivity contribution in [1.82, 2.24) is 4.98 Å². The van der Waals surface area contributed by atoms with Gasteiger partial charge in [-0.1, -0.05) is 0 Å². The molecule has 0 radical (unpaired) electrons. The number of anilines is 1. The van der Waals surface area contributed by atoms with E-state index in [0.29, 0.717) is 12.4 Å². The van der Waals surface area contributed by atoms with Gasteiger partial charge >= 0.3 is 0 Å². The van der Waals surface area contributed by atoms with Crippen LogP contribution in [-0.2, 0) is 11.3 Å². The van der Waals surface area contributed by atoms with Crippen LogP contribution in [0.4, 0.5) is 5.82 Å². The fourth-order valence-corrected chi connectivity index (χ4v) is 1.20. The zero-order valence-corrected chi connectivity index (χ0v) is 6.65.